The second-order valence-electron chi connectivity index (χ2n) is 4.55. The topological polar surface area (TPSA) is 84.1 Å². The van der Waals surface area contributed by atoms with E-state index < -0.39 is 0 Å². The molecule has 1 amide bonds. The van der Waals surface area contributed by atoms with Crippen molar-refractivity contribution in [2.75, 3.05) is 12.5 Å². The lowest BCUT2D eigenvalue weighted by Gasteiger charge is -2.16. The van der Waals surface area contributed by atoms with E-state index >= 15 is 0 Å². The lowest BCUT2D eigenvalue weighted by Crippen LogP contribution is -2.26. The number of nitrogens with one attached hydrogen (secondary N) is 1. The number of nitrogen functional groups attached to an aromatic ring is 1. The van der Waals surface area contributed by atoms with Crippen LogP contribution < -0.4 is 11.3 Å². The molecule has 2 aromatic rings. The number of aryl methyl sites for hydroxylation is 2. The first-order valence-corrected chi connectivity index (χ1v) is 6.99. The van der Waals surface area contributed by atoms with Crippen LogP contribution in [-0.4, -0.2) is 27.8 Å². The highest BCUT2D eigenvalue weighted by atomic mass is 32.1. The van der Waals surface area contributed by atoms with Gasteiger partial charge >= 0.3 is 0 Å². The highest BCUT2D eigenvalue weighted by Gasteiger charge is 2.14. The summed E-state index contributed by atoms with van der Waals surface area (Å²) in [6.07, 6.45) is 0. The number of carbonyl (C=O) groups excluding carboxylic acids is 1. The molecule has 0 spiro atoms. The molecule has 0 aliphatic heterocycles. The summed E-state index contributed by atoms with van der Waals surface area (Å²) in [4.78, 5) is 22.5. The predicted octanol–water partition coefficient (Wildman–Crippen LogP) is 1.71. The van der Waals surface area contributed by atoms with Crippen molar-refractivity contribution in [1.82, 2.24) is 14.9 Å². The number of nitrogens with two attached hydrogens (primary N) is 1. The molecular formula is C13H17N5OS. The monoisotopic (exact) mass is 291 g/mol. The standard InChI is InChI=1S/C13H17N5OS/c1-8-4-10(5-12(15-8)17-14)13(19)18(3)6-11-7-20-9(2)16-11/h4-5,7H,6,14H2,1-3H3,(H,15,17). The second kappa shape index (κ2) is 5.98. The average Bonchev–Trinajstić information content (AvgIpc) is 2.82. The van der Waals surface area contributed by atoms with E-state index in [1.165, 1.54) is 0 Å². The Hall–Kier alpha value is -1.99. The number of hydrazine groups is 1. The van der Waals surface area contributed by atoms with Crippen molar-refractivity contribution < 1.29 is 4.79 Å². The van der Waals surface area contributed by atoms with Gasteiger partial charge < -0.3 is 10.3 Å². The maximum absolute atomic E-state index is 12.4. The van der Waals surface area contributed by atoms with Gasteiger partial charge in [-0.1, -0.05) is 0 Å². The van der Waals surface area contributed by atoms with E-state index in [-0.39, 0.29) is 5.91 Å². The van der Waals surface area contributed by atoms with Crippen LogP contribution in [0.4, 0.5) is 5.82 Å². The molecule has 2 rings (SSSR count). The van der Waals surface area contributed by atoms with Crippen LogP contribution in [0.25, 0.3) is 0 Å². The van der Waals surface area contributed by atoms with Crippen LogP contribution in [0.2, 0.25) is 0 Å². The summed E-state index contributed by atoms with van der Waals surface area (Å²) in [5.74, 6) is 5.74. The van der Waals surface area contributed by atoms with Crippen molar-refractivity contribution >= 4 is 23.1 Å². The van der Waals surface area contributed by atoms with Crippen LogP contribution in [0.5, 0.6) is 0 Å². The Bertz CT molecular complexity index is 625. The number of hydrogen-bond acceptors (Lipinski definition) is 6. The van der Waals surface area contributed by atoms with Crippen LogP contribution in [0.1, 0.15) is 26.8 Å². The Balaban J connectivity index is 2.15. The fourth-order valence-corrected chi connectivity index (χ4v) is 2.49. The maximum Gasteiger partial charge on any atom is 0.254 e. The van der Waals surface area contributed by atoms with Gasteiger partial charge in [0.25, 0.3) is 5.91 Å². The molecule has 6 nitrogen and oxygen atoms in total. The molecule has 0 bridgehead atoms. The third kappa shape index (κ3) is 3.31. The summed E-state index contributed by atoms with van der Waals surface area (Å²) in [5.41, 5.74) is 4.65. The molecule has 0 fully saturated rings. The molecule has 0 saturated heterocycles. The van der Waals surface area contributed by atoms with Crippen molar-refractivity contribution in [3.8, 4) is 0 Å². The van der Waals surface area contributed by atoms with Gasteiger partial charge in [0.05, 0.1) is 17.2 Å². The van der Waals surface area contributed by atoms with Gasteiger partial charge in [0.1, 0.15) is 5.82 Å². The van der Waals surface area contributed by atoms with Gasteiger partial charge in [-0.3, -0.25) is 4.79 Å². The molecule has 0 atom stereocenters. The Morgan fingerprint density at radius 2 is 2.15 bits per heavy atom. The molecule has 0 aromatic carbocycles. The third-order valence-electron chi connectivity index (χ3n) is 2.76. The number of rotatable bonds is 4. The third-order valence-corrected chi connectivity index (χ3v) is 3.58. The predicted molar refractivity (Wildman–Crippen MR) is 79.4 cm³/mol. The summed E-state index contributed by atoms with van der Waals surface area (Å²) < 4.78 is 0. The largest absolute Gasteiger partial charge is 0.336 e. The molecular weight excluding hydrogens is 274 g/mol. The van der Waals surface area contributed by atoms with Gasteiger partial charge in [-0.25, -0.2) is 15.8 Å². The number of thiazole rings is 1. The molecule has 0 aliphatic carbocycles. The lowest BCUT2D eigenvalue weighted by atomic mass is 10.2. The van der Waals surface area contributed by atoms with Crippen LogP contribution in [0.15, 0.2) is 17.5 Å². The minimum absolute atomic E-state index is 0.0855. The molecule has 0 unspecified atom stereocenters. The van der Waals surface area contributed by atoms with Crippen molar-refractivity contribution in [2.45, 2.75) is 20.4 Å². The van der Waals surface area contributed by atoms with E-state index in [9.17, 15) is 4.79 Å². The van der Waals surface area contributed by atoms with E-state index in [0.29, 0.717) is 17.9 Å². The van der Waals surface area contributed by atoms with E-state index in [1.54, 1.807) is 35.4 Å². The highest BCUT2D eigenvalue weighted by molar-refractivity contribution is 7.09. The molecule has 2 aromatic heterocycles. The summed E-state index contributed by atoms with van der Waals surface area (Å²) >= 11 is 1.58. The Morgan fingerprint density at radius 3 is 2.75 bits per heavy atom. The summed E-state index contributed by atoms with van der Waals surface area (Å²) in [6, 6.07) is 3.38. The number of nitrogens with zero attached hydrogens (tertiary/aromatic N) is 3. The van der Waals surface area contributed by atoms with E-state index in [1.807, 2.05) is 19.2 Å². The van der Waals surface area contributed by atoms with E-state index in [2.05, 4.69) is 15.4 Å². The maximum atomic E-state index is 12.4. The zero-order valence-corrected chi connectivity index (χ0v) is 12.5. The first-order chi connectivity index (χ1) is 9.49. The molecule has 2 heterocycles. The summed E-state index contributed by atoms with van der Waals surface area (Å²) in [5, 5.41) is 2.96. The molecule has 7 heteroatoms. The Labute approximate surface area is 121 Å². The number of hydrogen-bond donors (Lipinski definition) is 2. The van der Waals surface area contributed by atoms with Crippen molar-refractivity contribution in [3.63, 3.8) is 0 Å². The molecule has 3 N–H and O–H groups in total. The zero-order valence-electron chi connectivity index (χ0n) is 11.7. The SMILES string of the molecule is Cc1cc(C(=O)N(C)Cc2csc(C)n2)cc(NN)n1. The minimum Gasteiger partial charge on any atom is -0.336 e. The van der Waals surface area contributed by atoms with Crippen LogP contribution in [0, 0.1) is 13.8 Å². The van der Waals surface area contributed by atoms with Crippen molar-refractivity contribution in [1.29, 1.82) is 0 Å². The van der Waals surface area contributed by atoms with Crippen LogP contribution in [-0.2, 0) is 6.54 Å². The van der Waals surface area contributed by atoms with Gasteiger partial charge in [-0.2, -0.15) is 0 Å². The molecule has 0 saturated carbocycles. The smallest absolute Gasteiger partial charge is 0.254 e. The molecule has 0 aliphatic rings. The molecule has 106 valence electrons. The minimum atomic E-state index is -0.0855. The van der Waals surface area contributed by atoms with E-state index in [0.717, 1.165) is 16.4 Å². The number of anilines is 1. The fraction of sp³-hybridized carbons (Fsp3) is 0.308. The van der Waals surface area contributed by atoms with Crippen molar-refractivity contribution in [2.24, 2.45) is 5.84 Å². The normalized spacial score (nSPS) is 10.4. The van der Waals surface area contributed by atoms with Gasteiger partial charge in [-0.15, -0.1) is 11.3 Å². The number of aromatic nitrogens is 2. The highest BCUT2D eigenvalue weighted by Crippen LogP contribution is 2.14. The summed E-state index contributed by atoms with van der Waals surface area (Å²) in [7, 11) is 1.75. The van der Waals surface area contributed by atoms with Crippen LogP contribution in [0.3, 0.4) is 0 Å². The Morgan fingerprint density at radius 1 is 1.40 bits per heavy atom. The quantitative estimate of drug-likeness (QED) is 0.662. The van der Waals surface area contributed by atoms with Gasteiger partial charge in [0.2, 0.25) is 0 Å². The lowest BCUT2D eigenvalue weighted by molar-refractivity contribution is 0.0783. The Kier molecular flexibility index (Phi) is 4.31. The fourth-order valence-electron chi connectivity index (χ4n) is 1.88. The average molecular weight is 291 g/mol. The zero-order chi connectivity index (χ0) is 14.7. The molecule has 20 heavy (non-hydrogen) atoms. The second-order valence-corrected chi connectivity index (χ2v) is 5.61. The van der Waals surface area contributed by atoms with Crippen molar-refractivity contribution in [3.05, 3.63) is 39.5 Å². The van der Waals surface area contributed by atoms with E-state index in [4.69, 9.17) is 5.84 Å². The van der Waals surface area contributed by atoms with Crippen LogP contribution >= 0.6 is 11.3 Å². The first kappa shape index (κ1) is 14.4. The number of carbonyl (C=O) groups is 1. The summed E-state index contributed by atoms with van der Waals surface area (Å²) in [6.45, 7) is 4.25. The molecule has 0 radical (unpaired) electrons. The number of pyridine rings is 1. The first-order valence-electron chi connectivity index (χ1n) is 6.11. The van der Waals surface area contributed by atoms with Gasteiger partial charge in [-0.05, 0) is 26.0 Å². The van der Waals surface area contributed by atoms with Gasteiger partial charge in [0, 0.05) is 23.7 Å². The van der Waals surface area contributed by atoms with Gasteiger partial charge in [0.15, 0.2) is 0 Å². The number of amides is 1.